The smallest absolute Gasteiger partial charge is 0.212 e. The minimum atomic E-state index is -3.21. The molecule has 0 fully saturated rings. The Morgan fingerprint density at radius 1 is 1.46 bits per heavy atom. The minimum absolute atomic E-state index is 0.147. The van der Waals surface area contributed by atoms with E-state index in [-0.39, 0.29) is 5.75 Å². The Bertz CT molecular complexity index is 285. The molecule has 0 radical (unpaired) electrons. The molecule has 0 bridgehead atoms. The van der Waals surface area contributed by atoms with Gasteiger partial charge in [0.05, 0.1) is 11.3 Å². The van der Waals surface area contributed by atoms with Gasteiger partial charge in [-0.1, -0.05) is 19.3 Å². The van der Waals surface area contributed by atoms with Gasteiger partial charge in [-0.25, -0.2) is 8.42 Å². The van der Waals surface area contributed by atoms with Crippen LogP contribution in [0.5, 0.6) is 0 Å². The number of rotatable bonds is 5. The molecular formula is C9H17NO2S. The molecule has 13 heavy (non-hydrogen) atoms. The first-order valence-electron chi connectivity index (χ1n) is 4.32. The first kappa shape index (κ1) is 12.5. The van der Waals surface area contributed by atoms with Gasteiger partial charge in [-0.3, -0.25) is 0 Å². The highest BCUT2D eigenvalue weighted by atomic mass is 32.2. The van der Waals surface area contributed by atoms with E-state index in [4.69, 9.17) is 6.42 Å². The average Bonchev–Trinajstić information content (AvgIpc) is 1.99. The van der Waals surface area contributed by atoms with E-state index in [1.165, 1.54) is 0 Å². The maximum absolute atomic E-state index is 11.4. The highest BCUT2D eigenvalue weighted by molar-refractivity contribution is 7.89. The molecule has 76 valence electrons. The van der Waals surface area contributed by atoms with Gasteiger partial charge in [0.25, 0.3) is 0 Å². The number of hydrogen-bond acceptors (Lipinski definition) is 2. The van der Waals surface area contributed by atoms with E-state index in [0.29, 0.717) is 6.42 Å². The minimum Gasteiger partial charge on any atom is -0.212 e. The molecule has 0 unspecified atom stereocenters. The van der Waals surface area contributed by atoms with E-state index in [1.54, 1.807) is 13.8 Å². The lowest BCUT2D eigenvalue weighted by Crippen LogP contribution is -2.43. The molecule has 0 saturated heterocycles. The van der Waals surface area contributed by atoms with Gasteiger partial charge < -0.3 is 0 Å². The molecule has 0 rings (SSSR count). The van der Waals surface area contributed by atoms with Crippen LogP contribution in [0, 0.1) is 12.3 Å². The molecule has 1 N–H and O–H groups in total. The van der Waals surface area contributed by atoms with E-state index < -0.39 is 15.6 Å². The van der Waals surface area contributed by atoms with Crippen molar-refractivity contribution in [2.45, 2.75) is 39.2 Å². The van der Waals surface area contributed by atoms with Gasteiger partial charge in [-0.05, 0) is 20.3 Å². The summed E-state index contributed by atoms with van der Waals surface area (Å²) in [5.41, 5.74) is -0.785. The summed E-state index contributed by atoms with van der Waals surface area (Å²) in [7, 11) is -3.21. The molecule has 0 atom stereocenters. The van der Waals surface area contributed by atoms with Crippen molar-refractivity contribution < 1.29 is 8.42 Å². The topological polar surface area (TPSA) is 46.2 Å². The number of nitrogens with one attached hydrogen (secondary N) is 1. The van der Waals surface area contributed by atoms with Gasteiger partial charge in [0, 0.05) is 0 Å². The first-order chi connectivity index (χ1) is 5.83. The van der Waals surface area contributed by atoms with E-state index in [9.17, 15) is 8.42 Å². The molecule has 0 heterocycles. The van der Waals surface area contributed by atoms with Crippen molar-refractivity contribution in [3.63, 3.8) is 0 Å². The van der Waals surface area contributed by atoms with Crippen LogP contribution in [0.2, 0.25) is 0 Å². The zero-order valence-electron chi connectivity index (χ0n) is 8.42. The zero-order chi connectivity index (χ0) is 10.5. The normalized spacial score (nSPS) is 12.5. The van der Waals surface area contributed by atoms with Crippen LogP contribution >= 0.6 is 0 Å². The molecule has 0 spiro atoms. The lowest BCUT2D eigenvalue weighted by Gasteiger charge is -2.19. The molecule has 0 aliphatic carbocycles. The molecule has 0 aromatic carbocycles. The molecule has 0 aromatic rings. The Labute approximate surface area is 81.0 Å². The van der Waals surface area contributed by atoms with Crippen molar-refractivity contribution in [1.29, 1.82) is 0 Å². The maximum atomic E-state index is 11.4. The summed E-state index contributed by atoms with van der Waals surface area (Å²) in [5.74, 6) is 2.53. The van der Waals surface area contributed by atoms with Crippen molar-refractivity contribution in [2.24, 2.45) is 0 Å². The predicted molar refractivity (Wildman–Crippen MR) is 54.7 cm³/mol. The SMILES string of the molecule is C#CC(C)(C)NS(=O)(=O)CCCC. The van der Waals surface area contributed by atoms with E-state index in [1.807, 2.05) is 6.92 Å². The highest BCUT2D eigenvalue weighted by Gasteiger charge is 2.21. The van der Waals surface area contributed by atoms with Crippen LogP contribution in [-0.2, 0) is 10.0 Å². The van der Waals surface area contributed by atoms with E-state index >= 15 is 0 Å². The van der Waals surface area contributed by atoms with Gasteiger partial charge >= 0.3 is 0 Å². The van der Waals surface area contributed by atoms with Gasteiger partial charge in [-0.2, -0.15) is 4.72 Å². The Morgan fingerprint density at radius 2 is 2.00 bits per heavy atom. The fraction of sp³-hybridized carbons (Fsp3) is 0.778. The Balaban J connectivity index is 4.28. The van der Waals surface area contributed by atoms with Crippen molar-refractivity contribution >= 4 is 10.0 Å². The second-order valence-corrected chi connectivity index (χ2v) is 5.39. The number of hydrogen-bond donors (Lipinski definition) is 1. The Kier molecular flexibility index (Phi) is 4.45. The molecule has 0 saturated carbocycles. The molecule has 0 aliphatic heterocycles. The van der Waals surface area contributed by atoms with Crippen molar-refractivity contribution in [2.75, 3.05) is 5.75 Å². The fourth-order valence-corrected chi connectivity index (χ4v) is 2.41. The summed E-state index contributed by atoms with van der Waals surface area (Å²) in [6, 6.07) is 0. The average molecular weight is 203 g/mol. The van der Waals surface area contributed by atoms with Crippen molar-refractivity contribution in [1.82, 2.24) is 4.72 Å². The summed E-state index contributed by atoms with van der Waals surface area (Å²) >= 11 is 0. The predicted octanol–water partition coefficient (Wildman–Crippen LogP) is 1.12. The monoisotopic (exact) mass is 203 g/mol. The third kappa shape index (κ3) is 5.67. The lowest BCUT2D eigenvalue weighted by molar-refractivity contribution is 0.536. The van der Waals surface area contributed by atoms with Crippen LogP contribution < -0.4 is 4.72 Å². The third-order valence-electron chi connectivity index (χ3n) is 1.54. The fourth-order valence-electron chi connectivity index (χ4n) is 0.804. The zero-order valence-corrected chi connectivity index (χ0v) is 9.24. The quantitative estimate of drug-likeness (QED) is 0.681. The molecule has 3 nitrogen and oxygen atoms in total. The first-order valence-corrected chi connectivity index (χ1v) is 5.97. The number of unbranched alkanes of at least 4 members (excludes halogenated alkanes) is 1. The van der Waals surface area contributed by atoms with Gasteiger partial charge in [0.15, 0.2) is 0 Å². The van der Waals surface area contributed by atoms with Crippen molar-refractivity contribution in [3.8, 4) is 12.3 Å². The second kappa shape index (κ2) is 4.64. The number of terminal acetylenes is 1. The Morgan fingerprint density at radius 3 is 2.38 bits per heavy atom. The second-order valence-electron chi connectivity index (χ2n) is 3.54. The number of sulfonamides is 1. The van der Waals surface area contributed by atoms with Crippen LogP contribution in [0.15, 0.2) is 0 Å². The Hall–Kier alpha value is -0.530. The molecule has 4 heteroatoms. The summed E-state index contributed by atoms with van der Waals surface area (Å²) in [4.78, 5) is 0. The van der Waals surface area contributed by atoms with Crippen LogP contribution in [0.4, 0.5) is 0 Å². The molecule has 0 amide bonds. The summed E-state index contributed by atoms with van der Waals surface area (Å²) in [5, 5.41) is 0. The third-order valence-corrected chi connectivity index (χ3v) is 3.19. The van der Waals surface area contributed by atoms with Gasteiger partial charge in [0.2, 0.25) is 10.0 Å². The van der Waals surface area contributed by atoms with Crippen LogP contribution in [0.25, 0.3) is 0 Å². The summed E-state index contributed by atoms with van der Waals surface area (Å²) in [6.45, 7) is 5.27. The molecule has 0 aromatic heterocycles. The van der Waals surface area contributed by atoms with Crippen LogP contribution in [0.1, 0.15) is 33.6 Å². The van der Waals surface area contributed by atoms with Gasteiger partial charge in [-0.15, -0.1) is 6.42 Å². The van der Waals surface area contributed by atoms with Crippen LogP contribution in [0.3, 0.4) is 0 Å². The maximum Gasteiger partial charge on any atom is 0.212 e. The van der Waals surface area contributed by atoms with Crippen molar-refractivity contribution in [3.05, 3.63) is 0 Å². The molecule has 0 aliphatic rings. The van der Waals surface area contributed by atoms with Gasteiger partial charge in [0.1, 0.15) is 0 Å². The van der Waals surface area contributed by atoms with Crippen LogP contribution in [-0.4, -0.2) is 19.7 Å². The lowest BCUT2D eigenvalue weighted by atomic mass is 10.1. The summed E-state index contributed by atoms with van der Waals surface area (Å²) < 4.78 is 25.2. The summed E-state index contributed by atoms with van der Waals surface area (Å²) in [6.07, 6.45) is 6.69. The highest BCUT2D eigenvalue weighted by Crippen LogP contribution is 2.03. The van der Waals surface area contributed by atoms with E-state index in [2.05, 4.69) is 10.6 Å². The largest absolute Gasteiger partial charge is 0.212 e. The van der Waals surface area contributed by atoms with E-state index in [0.717, 1.165) is 6.42 Å². The molecular weight excluding hydrogens is 186 g/mol. The standard InChI is InChI=1S/C9H17NO2S/c1-5-7-8-13(11,12)10-9(3,4)6-2/h2,10H,5,7-8H2,1,3-4H3.